The third-order valence-electron chi connectivity index (χ3n) is 6.64. The minimum absolute atomic E-state index is 0.0416. The molecule has 8 heteroatoms. The topological polar surface area (TPSA) is 98.2 Å². The second kappa shape index (κ2) is 8.63. The first-order valence-electron chi connectivity index (χ1n) is 11.1. The van der Waals surface area contributed by atoms with E-state index in [4.69, 9.17) is 4.98 Å². The number of aromatic amines is 1. The average molecular weight is 421 g/mol. The molecule has 2 aromatic heterocycles. The number of anilines is 1. The fourth-order valence-electron chi connectivity index (χ4n) is 4.76. The van der Waals surface area contributed by atoms with E-state index in [1.54, 1.807) is 12.4 Å². The molecular formula is C23H28N6O2. The Morgan fingerprint density at radius 1 is 1.03 bits per heavy atom. The number of carbonyl (C=O) groups is 1. The number of hydrogen-bond donors (Lipinski definition) is 2. The first kappa shape index (κ1) is 19.9. The van der Waals surface area contributed by atoms with Crippen LogP contribution in [0.5, 0.6) is 0 Å². The quantitative estimate of drug-likeness (QED) is 0.673. The van der Waals surface area contributed by atoms with Crippen molar-refractivity contribution >= 4 is 22.8 Å². The van der Waals surface area contributed by atoms with E-state index in [9.17, 15) is 9.90 Å². The second-order valence-electron chi connectivity index (χ2n) is 8.55. The monoisotopic (exact) mass is 420 g/mol. The highest BCUT2D eigenvalue weighted by Gasteiger charge is 2.30. The zero-order valence-electron chi connectivity index (χ0n) is 17.6. The van der Waals surface area contributed by atoms with Crippen molar-refractivity contribution in [1.82, 2.24) is 24.8 Å². The Balaban J connectivity index is 1.26. The fourth-order valence-corrected chi connectivity index (χ4v) is 4.76. The standard InChI is InChI=1S/C23H28N6O2/c30-15-16-5-11-28(12-6-16)22-20(24-9-10-25-22)17-7-13-29(14-8-17)23(31)21-26-18-3-1-2-4-19(18)27-21/h1-4,9-10,16-17,30H,5-8,11-15H2,(H,26,27). The van der Waals surface area contributed by atoms with Crippen LogP contribution in [-0.4, -0.2) is 68.6 Å². The molecule has 0 aliphatic carbocycles. The highest BCUT2D eigenvalue weighted by molar-refractivity contribution is 5.94. The molecule has 2 fully saturated rings. The van der Waals surface area contributed by atoms with Crippen molar-refractivity contribution in [3.8, 4) is 0 Å². The lowest BCUT2D eigenvalue weighted by Crippen LogP contribution is -2.40. The summed E-state index contributed by atoms with van der Waals surface area (Å²) in [6.45, 7) is 3.44. The summed E-state index contributed by atoms with van der Waals surface area (Å²) < 4.78 is 0. The molecule has 0 saturated carbocycles. The van der Waals surface area contributed by atoms with Gasteiger partial charge in [-0.15, -0.1) is 0 Å². The number of para-hydroxylation sites is 2. The molecule has 0 spiro atoms. The summed E-state index contributed by atoms with van der Waals surface area (Å²) in [4.78, 5) is 34.1. The zero-order valence-corrected chi connectivity index (χ0v) is 17.6. The number of nitrogens with zero attached hydrogens (tertiary/aromatic N) is 5. The van der Waals surface area contributed by atoms with Crippen LogP contribution < -0.4 is 4.90 Å². The van der Waals surface area contributed by atoms with Crippen molar-refractivity contribution in [1.29, 1.82) is 0 Å². The van der Waals surface area contributed by atoms with Gasteiger partial charge in [0.1, 0.15) is 0 Å². The Morgan fingerprint density at radius 2 is 1.77 bits per heavy atom. The number of hydrogen-bond acceptors (Lipinski definition) is 6. The van der Waals surface area contributed by atoms with E-state index in [1.807, 2.05) is 29.2 Å². The molecule has 2 aliphatic heterocycles. The summed E-state index contributed by atoms with van der Waals surface area (Å²) in [6, 6.07) is 7.71. The molecule has 8 nitrogen and oxygen atoms in total. The number of fused-ring (bicyclic) bond motifs is 1. The highest BCUT2D eigenvalue weighted by atomic mass is 16.3. The molecule has 162 valence electrons. The second-order valence-corrected chi connectivity index (χ2v) is 8.55. The van der Waals surface area contributed by atoms with Crippen molar-refractivity contribution < 1.29 is 9.90 Å². The summed E-state index contributed by atoms with van der Waals surface area (Å²) in [5.41, 5.74) is 2.74. The molecule has 0 bridgehead atoms. The van der Waals surface area contributed by atoms with E-state index < -0.39 is 0 Å². The SMILES string of the molecule is O=C(c1nc2ccccc2[nH]1)N1CCC(c2nccnc2N2CCC(CO)CC2)CC1. The number of rotatable bonds is 4. The van der Waals surface area contributed by atoms with Gasteiger partial charge >= 0.3 is 0 Å². The van der Waals surface area contributed by atoms with Crippen molar-refractivity contribution in [2.45, 2.75) is 31.6 Å². The maximum atomic E-state index is 13.0. The van der Waals surface area contributed by atoms with E-state index >= 15 is 0 Å². The predicted octanol–water partition coefficient (Wildman–Crippen LogP) is 2.58. The average Bonchev–Trinajstić information content (AvgIpc) is 3.28. The normalized spacial score (nSPS) is 18.6. The number of aliphatic hydroxyl groups is 1. The molecule has 0 radical (unpaired) electrons. The van der Waals surface area contributed by atoms with Gasteiger partial charge in [0, 0.05) is 51.1 Å². The molecule has 0 unspecified atom stereocenters. The van der Waals surface area contributed by atoms with Crippen molar-refractivity contribution in [2.24, 2.45) is 5.92 Å². The van der Waals surface area contributed by atoms with Crippen LogP contribution in [0.15, 0.2) is 36.7 Å². The molecule has 5 rings (SSSR count). The molecule has 31 heavy (non-hydrogen) atoms. The van der Waals surface area contributed by atoms with Gasteiger partial charge in [0.15, 0.2) is 11.6 Å². The molecule has 0 atom stereocenters. The maximum absolute atomic E-state index is 13.0. The number of amides is 1. The van der Waals surface area contributed by atoms with Gasteiger partial charge < -0.3 is 19.9 Å². The minimum Gasteiger partial charge on any atom is -0.396 e. The first-order valence-corrected chi connectivity index (χ1v) is 11.1. The Bertz CT molecular complexity index is 1020. The Kier molecular flexibility index (Phi) is 5.55. The molecule has 1 aromatic carbocycles. The number of benzene rings is 1. The van der Waals surface area contributed by atoms with Gasteiger partial charge in [-0.1, -0.05) is 12.1 Å². The van der Waals surface area contributed by atoms with Gasteiger partial charge in [-0.3, -0.25) is 9.78 Å². The van der Waals surface area contributed by atoms with Crippen molar-refractivity contribution in [3.63, 3.8) is 0 Å². The summed E-state index contributed by atoms with van der Waals surface area (Å²) in [6.07, 6.45) is 7.23. The van der Waals surface area contributed by atoms with Gasteiger partial charge in [0.05, 0.1) is 16.7 Å². The van der Waals surface area contributed by atoms with E-state index in [2.05, 4.69) is 19.9 Å². The Morgan fingerprint density at radius 3 is 2.52 bits per heavy atom. The number of nitrogens with one attached hydrogen (secondary N) is 1. The largest absolute Gasteiger partial charge is 0.396 e. The van der Waals surface area contributed by atoms with E-state index in [1.165, 1.54) is 0 Å². The number of H-pyrrole nitrogens is 1. The lowest BCUT2D eigenvalue weighted by Gasteiger charge is -2.35. The molecule has 2 N–H and O–H groups in total. The van der Waals surface area contributed by atoms with Crippen LogP contribution in [0.1, 0.15) is 47.9 Å². The van der Waals surface area contributed by atoms with Crippen LogP contribution in [0.25, 0.3) is 11.0 Å². The lowest BCUT2D eigenvalue weighted by molar-refractivity contribution is 0.0701. The van der Waals surface area contributed by atoms with Crippen molar-refractivity contribution in [3.05, 3.63) is 48.2 Å². The highest BCUT2D eigenvalue weighted by Crippen LogP contribution is 2.33. The molecular weight excluding hydrogens is 392 g/mol. The first-order chi connectivity index (χ1) is 15.2. The lowest BCUT2D eigenvalue weighted by atomic mass is 9.92. The van der Waals surface area contributed by atoms with Crippen molar-refractivity contribution in [2.75, 3.05) is 37.7 Å². The van der Waals surface area contributed by atoms with Crippen LogP contribution in [0.2, 0.25) is 0 Å². The van der Waals surface area contributed by atoms with Crippen LogP contribution >= 0.6 is 0 Å². The molecule has 4 heterocycles. The van der Waals surface area contributed by atoms with E-state index in [0.29, 0.717) is 30.7 Å². The molecule has 2 aliphatic rings. The number of carbonyl (C=O) groups excluding carboxylic acids is 1. The zero-order chi connectivity index (χ0) is 21.2. The summed E-state index contributed by atoms with van der Waals surface area (Å²) in [7, 11) is 0. The van der Waals surface area contributed by atoms with Gasteiger partial charge in [-0.25, -0.2) is 9.97 Å². The third-order valence-corrected chi connectivity index (χ3v) is 6.64. The van der Waals surface area contributed by atoms with Crippen LogP contribution in [0.3, 0.4) is 0 Å². The van der Waals surface area contributed by atoms with Crippen LogP contribution in [0, 0.1) is 5.92 Å². The number of aliphatic hydroxyl groups excluding tert-OH is 1. The number of imidazole rings is 1. The number of aromatic nitrogens is 4. The molecule has 2 saturated heterocycles. The Hall–Kier alpha value is -3.00. The van der Waals surface area contributed by atoms with E-state index in [0.717, 1.165) is 61.3 Å². The van der Waals surface area contributed by atoms with Crippen LogP contribution in [-0.2, 0) is 0 Å². The molecule has 1 amide bonds. The minimum atomic E-state index is -0.0416. The van der Waals surface area contributed by atoms with Gasteiger partial charge in [-0.05, 0) is 43.7 Å². The Labute approximate surface area is 181 Å². The predicted molar refractivity (Wildman–Crippen MR) is 118 cm³/mol. The number of piperidine rings is 2. The molecule has 3 aromatic rings. The third kappa shape index (κ3) is 3.99. The summed E-state index contributed by atoms with van der Waals surface area (Å²) >= 11 is 0. The summed E-state index contributed by atoms with van der Waals surface area (Å²) in [5, 5.41) is 9.41. The van der Waals surface area contributed by atoms with Gasteiger partial charge in [-0.2, -0.15) is 0 Å². The summed E-state index contributed by atoms with van der Waals surface area (Å²) in [5.74, 6) is 2.02. The van der Waals surface area contributed by atoms with Gasteiger partial charge in [0.2, 0.25) is 0 Å². The van der Waals surface area contributed by atoms with Gasteiger partial charge in [0.25, 0.3) is 5.91 Å². The fraction of sp³-hybridized carbons (Fsp3) is 0.478. The van der Waals surface area contributed by atoms with Crippen LogP contribution in [0.4, 0.5) is 5.82 Å². The van der Waals surface area contributed by atoms with E-state index in [-0.39, 0.29) is 12.5 Å². The maximum Gasteiger partial charge on any atom is 0.289 e. The number of likely N-dealkylation sites (tertiary alicyclic amines) is 1. The smallest absolute Gasteiger partial charge is 0.289 e.